The van der Waals surface area contributed by atoms with E-state index in [0.29, 0.717) is 24.1 Å². The van der Waals surface area contributed by atoms with Gasteiger partial charge in [0.1, 0.15) is 5.56 Å². The molecule has 5 nitrogen and oxygen atoms in total. The van der Waals surface area contributed by atoms with Gasteiger partial charge in [0.25, 0.3) is 5.56 Å². The van der Waals surface area contributed by atoms with Crippen LogP contribution >= 0.6 is 0 Å². The van der Waals surface area contributed by atoms with E-state index in [-0.39, 0.29) is 16.8 Å². The van der Waals surface area contributed by atoms with Crippen molar-refractivity contribution in [2.75, 3.05) is 7.11 Å². The Hall–Kier alpha value is -1.91. The molecule has 0 spiro atoms. The third kappa shape index (κ3) is 2.08. The Morgan fingerprint density at radius 3 is 2.61 bits per heavy atom. The highest BCUT2D eigenvalue weighted by Crippen LogP contribution is 2.33. The maximum atomic E-state index is 12.0. The van der Waals surface area contributed by atoms with Gasteiger partial charge in [-0.2, -0.15) is 0 Å². The molecule has 0 atom stereocenters. The molecule has 18 heavy (non-hydrogen) atoms. The van der Waals surface area contributed by atoms with Crippen LogP contribution in [0.15, 0.2) is 10.9 Å². The van der Waals surface area contributed by atoms with E-state index < -0.39 is 11.5 Å². The summed E-state index contributed by atoms with van der Waals surface area (Å²) in [5.74, 6) is -0.778. The molecule has 1 aromatic heterocycles. The van der Waals surface area contributed by atoms with E-state index in [1.165, 1.54) is 13.2 Å². The van der Waals surface area contributed by atoms with Crippen LogP contribution in [-0.4, -0.2) is 23.8 Å². The number of fused-ring (bicyclic) bond motifs is 1. The smallest absolute Gasteiger partial charge is 0.343 e. The maximum absolute atomic E-state index is 12.0. The molecule has 2 rings (SSSR count). The van der Waals surface area contributed by atoms with Crippen LogP contribution < -0.4 is 5.56 Å². The maximum Gasteiger partial charge on any atom is 0.343 e. The van der Waals surface area contributed by atoms with Gasteiger partial charge >= 0.3 is 5.97 Å². The number of carbonyl (C=O) groups excluding carboxylic acids is 2. The fourth-order valence-corrected chi connectivity index (χ4v) is 2.29. The summed E-state index contributed by atoms with van der Waals surface area (Å²) in [6.07, 6.45) is 1.03. The van der Waals surface area contributed by atoms with Gasteiger partial charge in [-0.15, -0.1) is 0 Å². The molecule has 0 bridgehead atoms. The average molecular weight is 249 g/mol. The molecule has 5 heteroatoms. The number of Topliss-reactive ketones (excluding diaryl/α,β-unsaturated/α-hetero) is 1. The van der Waals surface area contributed by atoms with Crippen LogP contribution in [0.3, 0.4) is 0 Å². The van der Waals surface area contributed by atoms with Crippen molar-refractivity contribution in [3.63, 3.8) is 0 Å². The van der Waals surface area contributed by atoms with Gasteiger partial charge in [0, 0.05) is 17.7 Å². The number of rotatable bonds is 1. The summed E-state index contributed by atoms with van der Waals surface area (Å²) in [7, 11) is 1.20. The number of hydrogen-bond acceptors (Lipinski definition) is 4. The summed E-state index contributed by atoms with van der Waals surface area (Å²) < 4.78 is 4.51. The Balaban J connectivity index is 2.58. The number of hydrogen-bond donors (Lipinski definition) is 1. The van der Waals surface area contributed by atoms with Gasteiger partial charge < -0.3 is 9.72 Å². The van der Waals surface area contributed by atoms with Crippen LogP contribution in [0.25, 0.3) is 0 Å². The summed E-state index contributed by atoms with van der Waals surface area (Å²) in [5.41, 5.74) is 0.235. The summed E-state index contributed by atoms with van der Waals surface area (Å²) in [4.78, 5) is 37.8. The second-order valence-electron chi connectivity index (χ2n) is 5.34. The molecule has 0 aliphatic heterocycles. The number of nitrogens with one attached hydrogen (secondary N) is 1. The minimum absolute atomic E-state index is 0.0531. The van der Waals surface area contributed by atoms with E-state index in [1.54, 1.807) is 0 Å². The van der Waals surface area contributed by atoms with Crippen LogP contribution in [-0.2, 0) is 11.2 Å². The van der Waals surface area contributed by atoms with E-state index in [4.69, 9.17) is 0 Å². The van der Waals surface area contributed by atoms with Crippen LogP contribution in [0.4, 0.5) is 0 Å². The van der Waals surface area contributed by atoms with Gasteiger partial charge in [0.15, 0.2) is 5.78 Å². The normalized spacial score (nSPS) is 17.2. The van der Waals surface area contributed by atoms with Crippen LogP contribution in [0.2, 0.25) is 0 Å². The molecule has 1 heterocycles. The number of pyridine rings is 1. The minimum Gasteiger partial charge on any atom is -0.465 e. The SMILES string of the molecule is COC(=O)c1cc2c([nH]c1=O)CC(C)(C)CC2=O. The first kappa shape index (κ1) is 12.5. The molecule has 0 saturated heterocycles. The Morgan fingerprint density at radius 1 is 1.33 bits per heavy atom. The number of ether oxygens (including phenoxy) is 1. The van der Waals surface area contributed by atoms with Crippen molar-refractivity contribution >= 4 is 11.8 Å². The van der Waals surface area contributed by atoms with Gasteiger partial charge in [-0.3, -0.25) is 9.59 Å². The number of aromatic amines is 1. The van der Waals surface area contributed by atoms with Gasteiger partial charge in [0.2, 0.25) is 0 Å². The summed E-state index contributed by atoms with van der Waals surface area (Å²) in [6.45, 7) is 3.95. The van der Waals surface area contributed by atoms with Crippen LogP contribution in [0.1, 0.15) is 46.7 Å². The fourth-order valence-electron chi connectivity index (χ4n) is 2.29. The largest absolute Gasteiger partial charge is 0.465 e. The zero-order valence-corrected chi connectivity index (χ0v) is 10.6. The monoisotopic (exact) mass is 249 g/mol. The minimum atomic E-state index is -0.725. The lowest BCUT2D eigenvalue weighted by atomic mass is 9.75. The third-order valence-corrected chi connectivity index (χ3v) is 3.12. The van der Waals surface area contributed by atoms with Crippen molar-refractivity contribution in [3.8, 4) is 0 Å². The van der Waals surface area contributed by atoms with Gasteiger partial charge in [-0.05, 0) is 17.9 Å². The Labute approximate surface area is 104 Å². The number of H-pyrrole nitrogens is 1. The molecular weight excluding hydrogens is 234 g/mol. The fraction of sp³-hybridized carbons (Fsp3) is 0.462. The topological polar surface area (TPSA) is 76.2 Å². The number of carbonyl (C=O) groups is 2. The number of ketones is 1. The molecule has 1 aromatic rings. The summed E-state index contributed by atoms with van der Waals surface area (Å²) >= 11 is 0. The zero-order valence-electron chi connectivity index (χ0n) is 10.6. The molecule has 96 valence electrons. The lowest BCUT2D eigenvalue weighted by molar-refractivity contribution is 0.0598. The Bertz CT molecular complexity index is 583. The highest BCUT2D eigenvalue weighted by Gasteiger charge is 2.32. The molecule has 0 fully saturated rings. The number of aromatic nitrogens is 1. The van der Waals surface area contributed by atoms with Crippen LogP contribution in [0.5, 0.6) is 0 Å². The Morgan fingerprint density at radius 2 is 2.00 bits per heavy atom. The predicted molar refractivity (Wildman–Crippen MR) is 64.8 cm³/mol. The molecule has 1 N–H and O–H groups in total. The van der Waals surface area contributed by atoms with Crippen molar-refractivity contribution in [1.29, 1.82) is 0 Å². The first-order valence-electron chi connectivity index (χ1n) is 5.72. The van der Waals surface area contributed by atoms with E-state index in [1.807, 2.05) is 13.8 Å². The molecule has 0 saturated carbocycles. The quantitative estimate of drug-likeness (QED) is 0.761. The molecule has 0 unspecified atom stereocenters. The molecule has 0 radical (unpaired) electrons. The first-order chi connectivity index (χ1) is 8.34. The number of esters is 1. The van der Waals surface area contributed by atoms with E-state index in [9.17, 15) is 14.4 Å². The van der Waals surface area contributed by atoms with Crippen molar-refractivity contribution < 1.29 is 14.3 Å². The van der Waals surface area contributed by atoms with Crippen LogP contribution in [0, 0.1) is 5.41 Å². The lowest BCUT2D eigenvalue weighted by Gasteiger charge is -2.29. The highest BCUT2D eigenvalue weighted by atomic mass is 16.5. The third-order valence-electron chi connectivity index (χ3n) is 3.12. The molecular formula is C13H15NO4. The average Bonchev–Trinajstić information content (AvgIpc) is 2.25. The Kier molecular flexibility index (Phi) is 2.84. The molecule has 0 amide bonds. The van der Waals surface area contributed by atoms with Crippen molar-refractivity contribution in [3.05, 3.63) is 33.2 Å². The first-order valence-corrected chi connectivity index (χ1v) is 5.72. The second-order valence-corrected chi connectivity index (χ2v) is 5.34. The van der Waals surface area contributed by atoms with Crippen molar-refractivity contribution in [2.24, 2.45) is 5.41 Å². The van der Waals surface area contributed by atoms with E-state index in [2.05, 4.69) is 9.72 Å². The standard InChI is InChI=1S/C13H15NO4/c1-13(2)5-9-7(10(15)6-13)4-8(11(16)14-9)12(17)18-3/h4H,5-6H2,1-3H3,(H,14,16). The number of methoxy groups -OCH3 is 1. The van der Waals surface area contributed by atoms with Crippen molar-refractivity contribution in [2.45, 2.75) is 26.7 Å². The predicted octanol–water partition coefficient (Wildman–Crippen LogP) is 1.32. The van der Waals surface area contributed by atoms with Crippen molar-refractivity contribution in [1.82, 2.24) is 4.98 Å². The van der Waals surface area contributed by atoms with Gasteiger partial charge in [0.05, 0.1) is 7.11 Å². The molecule has 1 aliphatic rings. The second kappa shape index (κ2) is 4.08. The zero-order chi connectivity index (χ0) is 13.5. The van der Waals surface area contributed by atoms with Gasteiger partial charge in [-0.1, -0.05) is 13.8 Å². The highest BCUT2D eigenvalue weighted by molar-refractivity contribution is 6.01. The lowest BCUT2D eigenvalue weighted by Crippen LogP contribution is -2.32. The molecule has 1 aliphatic carbocycles. The summed E-state index contributed by atoms with van der Waals surface area (Å²) in [5, 5.41) is 0. The molecule has 0 aromatic carbocycles. The van der Waals surface area contributed by atoms with Gasteiger partial charge in [-0.25, -0.2) is 4.79 Å². The summed E-state index contributed by atoms with van der Waals surface area (Å²) in [6, 6.07) is 1.34. The van der Waals surface area contributed by atoms with E-state index in [0.717, 1.165) is 0 Å². The van der Waals surface area contributed by atoms with E-state index >= 15 is 0 Å².